The van der Waals surface area contributed by atoms with Crippen LogP contribution in [0.4, 0.5) is 13.2 Å². The first-order chi connectivity index (χ1) is 38.0. The number of nitrogens with zero attached hydrogens (tertiary/aromatic N) is 2. The van der Waals surface area contributed by atoms with E-state index in [0.717, 1.165) is 102 Å². The van der Waals surface area contributed by atoms with Gasteiger partial charge in [0, 0.05) is 76.2 Å². The Balaban J connectivity index is 0.000000179. The van der Waals surface area contributed by atoms with Gasteiger partial charge in [-0.1, -0.05) is 82.4 Å². The number of aliphatic hydroxyl groups excluding tert-OH is 2. The number of halogens is 3. The molecule has 8 fully saturated rings. The van der Waals surface area contributed by atoms with Crippen molar-refractivity contribution in [2.24, 2.45) is 75.7 Å². The van der Waals surface area contributed by atoms with E-state index in [2.05, 4.69) is 82.7 Å². The second-order valence-electron chi connectivity index (χ2n) is 29.1. The molecule has 4 aliphatic heterocycles. The number of allylic oxidation sites excluding steroid dienone is 4. The molecule has 8 aliphatic carbocycles. The van der Waals surface area contributed by atoms with Crippen LogP contribution in [0.5, 0.6) is 0 Å². The van der Waals surface area contributed by atoms with Crippen molar-refractivity contribution in [2.75, 3.05) is 45.8 Å². The van der Waals surface area contributed by atoms with E-state index in [9.17, 15) is 33.0 Å². The van der Waals surface area contributed by atoms with E-state index < -0.39 is 12.1 Å². The van der Waals surface area contributed by atoms with Gasteiger partial charge in [-0.25, -0.2) is 0 Å². The van der Waals surface area contributed by atoms with E-state index in [1.807, 2.05) is 5.32 Å². The van der Waals surface area contributed by atoms with E-state index in [1.165, 1.54) is 62.6 Å². The molecule has 0 aromatic rings. The smallest absolute Gasteiger partial charge is 0.393 e. The van der Waals surface area contributed by atoms with Crippen molar-refractivity contribution < 1.29 is 42.4 Å². The number of aliphatic hydroxyl groups is 2. The van der Waals surface area contributed by atoms with Gasteiger partial charge in [0.15, 0.2) is 0 Å². The molecule has 20 atom stereocenters. The molecule has 2 amide bonds. The number of nitrogens with two attached hydrogens (primary N) is 1. The Hall–Kier alpha value is -2.59. The lowest BCUT2D eigenvalue weighted by Crippen LogP contribution is -2.54. The van der Waals surface area contributed by atoms with Gasteiger partial charge in [0.1, 0.15) is 0 Å². The standard InChI is InChI=1S/C37H56F3N3O4.C29H46N2O2/c1-22-18-31-33(43(21-22)17-16-41-32(45)8-6-5-7-15-42-34(46)37(38,39)40)24(3)36(47-31)14-12-27-28-10-9-25-19-26(44)11-13-35(25,4)30(28)20-29(27)23(36)2;1-17-13-26-27(31(16-17)12-11-30)19(3)29(33-26)10-8-22-23-6-5-20-14-21(32)7-9-28(20,4)25(23)15-24(22)18(29)2/h9,22,24,26-28,30-31,33,44H,5-8,10-21H2,1-4H3,(H,41,45)(H,42,46);5,17,19,21-23,25-27,32H,6-16,30H2,1-4H3/t22-,24+,26-,27-,28-,30-,31+,33-,35-,36-;17-,19+,21-,22-,23-,25-,26+,27-,28-,29-/m00/s1. The molecule has 80 heavy (non-hydrogen) atoms. The molecule has 0 bridgehead atoms. The molecule has 4 heterocycles. The second kappa shape index (κ2) is 22.7. The quantitative estimate of drug-likeness (QED) is 0.101. The summed E-state index contributed by atoms with van der Waals surface area (Å²) in [6.45, 7) is 24.6. The molecule has 4 saturated heterocycles. The monoisotopic (exact) mass is 1120 g/mol. The van der Waals surface area contributed by atoms with Gasteiger partial charge in [0.2, 0.25) is 5.91 Å². The van der Waals surface area contributed by atoms with Crippen LogP contribution in [0.1, 0.15) is 184 Å². The maximum absolute atomic E-state index is 12.5. The predicted octanol–water partition coefficient (Wildman–Crippen LogP) is 10.7. The number of carbonyl (C=O) groups is 2. The highest BCUT2D eigenvalue weighted by molar-refractivity contribution is 5.81. The van der Waals surface area contributed by atoms with Gasteiger partial charge in [0.05, 0.1) is 35.6 Å². The Morgan fingerprint density at radius 2 is 1.16 bits per heavy atom. The molecule has 0 aromatic carbocycles. The Morgan fingerprint density at radius 3 is 1.64 bits per heavy atom. The van der Waals surface area contributed by atoms with E-state index >= 15 is 0 Å². The average molecular weight is 1120 g/mol. The van der Waals surface area contributed by atoms with Crippen LogP contribution >= 0.6 is 0 Å². The van der Waals surface area contributed by atoms with Crippen molar-refractivity contribution in [3.05, 3.63) is 45.6 Å². The third-order valence-electron chi connectivity index (χ3n) is 25.0. The maximum Gasteiger partial charge on any atom is 0.471 e. The molecule has 6 N–H and O–H groups in total. The summed E-state index contributed by atoms with van der Waals surface area (Å²) < 4.78 is 51.3. The fraction of sp³-hybridized carbons (Fsp3) is 0.848. The lowest BCUT2D eigenvalue weighted by molar-refractivity contribution is -0.173. The molecule has 14 heteroatoms. The first-order valence-corrected chi connectivity index (χ1v) is 32.3. The lowest BCUT2D eigenvalue weighted by atomic mass is 9.56. The van der Waals surface area contributed by atoms with Crippen LogP contribution in [0, 0.1) is 70.0 Å². The van der Waals surface area contributed by atoms with Crippen LogP contribution in [0.3, 0.4) is 0 Å². The minimum Gasteiger partial charge on any atom is -0.393 e. The van der Waals surface area contributed by atoms with Gasteiger partial charge in [-0.2, -0.15) is 13.2 Å². The summed E-state index contributed by atoms with van der Waals surface area (Å²) in [5.41, 5.74) is 15.9. The Labute approximate surface area is 477 Å². The highest BCUT2D eigenvalue weighted by Gasteiger charge is 2.64. The van der Waals surface area contributed by atoms with Gasteiger partial charge in [-0.3, -0.25) is 19.4 Å². The Morgan fingerprint density at radius 1 is 0.675 bits per heavy atom. The molecule has 0 aromatic heterocycles. The number of nitrogens with one attached hydrogen (secondary N) is 2. The van der Waals surface area contributed by atoms with Crippen LogP contribution < -0.4 is 16.4 Å². The molecule has 0 unspecified atom stereocenters. The average Bonchev–Trinajstić information content (AvgIpc) is 4.36. The van der Waals surface area contributed by atoms with E-state index in [0.29, 0.717) is 97.3 Å². The number of fused-ring (bicyclic) bond motifs is 12. The zero-order valence-electron chi connectivity index (χ0n) is 50.1. The van der Waals surface area contributed by atoms with Crippen LogP contribution in [0.15, 0.2) is 45.6 Å². The number of hydrogen-bond acceptors (Lipinski definition) is 9. The van der Waals surface area contributed by atoms with Crippen LogP contribution in [0.25, 0.3) is 0 Å². The highest BCUT2D eigenvalue weighted by atomic mass is 19.4. The van der Waals surface area contributed by atoms with Crippen molar-refractivity contribution in [3.8, 4) is 0 Å². The zero-order valence-corrected chi connectivity index (χ0v) is 50.1. The lowest BCUT2D eigenvalue weighted by Gasteiger charge is -2.49. The number of ether oxygens (including phenoxy) is 2. The maximum atomic E-state index is 12.5. The second-order valence-corrected chi connectivity index (χ2v) is 29.1. The number of unbranched alkanes of at least 4 members (excludes halogenated alkanes) is 2. The number of carbonyl (C=O) groups excluding carboxylic acids is 2. The topological polar surface area (TPSA) is 150 Å². The largest absolute Gasteiger partial charge is 0.471 e. The summed E-state index contributed by atoms with van der Waals surface area (Å²) >= 11 is 0. The molecular weight excluding hydrogens is 1020 g/mol. The Kier molecular flexibility index (Phi) is 16.8. The van der Waals surface area contributed by atoms with E-state index in [-0.39, 0.29) is 47.4 Å². The number of likely N-dealkylation sites (tertiary alicyclic amines) is 2. The molecular formula is C66H102F3N5O6. The van der Waals surface area contributed by atoms with Gasteiger partial charge < -0.3 is 36.1 Å². The van der Waals surface area contributed by atoms with Crippen molar-refractivity contribution in [3.63, 3.8) is 0 Å². The summed E-state index contributed by atoms with van der Waals surface area (Å²) in [6, 6.07) is 0.836. The Bertz CT molecular complexity index is 2460. The summed E-state index contributed by atoms with van der Waals surface area (Å²) in [5.74, 6) is 4.44. The first kappa shape index (κ1) is 59.2. The minimum atomic E-state index is -4.86. The minimum absolute atomic E-state index is 0.0430. The SMILES string of the molecule is CC1=C2C[C@H]3[C@@H](CC=C4C[C@@H](O)CC[C@@]43C)[C@@H]2CC[C@]12O[C@@H]1C[C@H](C)CN(CCN)[C@H]1[C@H]2C.CC1=C2C[C@H]3[C@@H](CC=C4C[C@@H](O)CC[C@@]43C)[C@@H]2CC[C@]12O[C@@H]1C[C@H](C)CN(CCNC(=O)CCCCCNC(=O)C(F)(F)F)[C@H]1[C@H]2C. The van der Waals surface area contributed by atoms with Crippen molar-refractivity contribution >= 4 is 11.8 Å². The molecule has 11 nitrogen and oxygen atoms in total. The van der Waals surface area contributed by atoms with E-state index in [4.69, 9.17) is 15.2 Å². The number of hydrogen-bond donors (Lipinski definition) is 5. The predicted molar refractivity (Wildman–Crippen MR) is 307 cm³/mol. The van der Waals surface area contributed by atoms with Crippen LogP contribution in [-0.2, 0) is 19.1 Å². The van der Waals surface area contributed by atoms with Crippen LogP contribution in [-0.4, -0.2) is 132 Å². The third kappa shape index (κ3) is 10.3. The number of piperidine rings is 2. The molecule has 4 saturated carbocycles. The van der Waals surface area contributed by atoms with Crippen molar-refractivity contribution in [2.45, 2.75) is 238 Å². The molecule has 2 spiro atoms. The summed E-state index contributed by atoms with van der Waals surface area (Å²) in [6.07, 6.45) is 20.0. The van der Waals surface area contributed by atoms with E-state index in [1.54, 1.807) is 22.3 Å². The number of amides is 2. The molecule has 0 radical (unpaired) electrons. The normalized spacial score (nSPS) is 44.8. The third-order valence-corrected chi connectivity index (χ3v) is 25.0. The molecule has 12 aliphatic rings. The van der Waals surface area contributed by atoms with Crippen LogP contribution in [0.2, 0.25) is 0 Å². The molecule has 448 valence electrons. The van der Waals surface area contributed by atoms with Gasteiger partial charge in [-0.15, -0.1) is 0 Å². The summed E-state index contributed by atoms with van der Waals surface area (Å²) in [7, 11) is 0. The fourth-order valence-electron chi connectivity index (χ4n) is 20.9. The fourth-order valence-corrected chi connectivity index (χ4v) is 20.9. The highest BCUT2D eigenvalue weighted by Crippen LogP contribution is 2.67. The van der Waals surface area contributed by atoms with Gasteiger partial charge >= 0.3 is 12.1 Å². The van der Waals surface area contributed by atoms with Gasteiger partial charge in [0.25, 0.3) is 0 Å². The van der Waals surface area contributed by atoms with Crippen molar-refractivity contribution in [1.29, 1.82) is 0 Å². The number of alkyl halides is 3. The summed E-state index contributed by atoms with van der Waals surface area (Å²) in [5, 5.41) is 25.7. The number of rotatable bonds is 11. The zero-order chi connectivity index (χ0) is 56.8. The van der Waals surface area contributed by atoms with Gasteiger partial charge in [-0.05, 0) is 199 Å². The summed E-state index contributed by atoms with van der Waals surface area (Å²) in [4.78, 5) is 28.7. The first-order valence-electron chi connectivity index (χ1n) is 32.3. The van der Waals surface area contributed by atoms with Crippen molar-refractivity contribution in [1.82, 2.24) is 20.4 Å². The molecule has 12 rings (SSSR count).